The summed E-state index contributed by atoms with van der Waals surface area (Å²) in [6.45, 7) is 1.92. The normalized spacial score (nSPS) is 7.91. The molecule has 0 aromatic heterocycles. The summed E-state index contributed by atoms with van der Waals surface area (Å²) in [5.74, 6) is 0. The number of rotatable bonds is 0. The van der Waals surface area contributed by atoms with E-state index in [9.17, 15) is 0 Å². The van der Waals surface area contributed by atoms with Gasteiger partial charge >= 0.3 is 0 Å². The molecule has 64 valence electrons. The Morgan fingerprint density at radius 3 is 2.00 bits per heavy atom. The van der Waals surface area contributed by atoms with Crippen molar-refractivity contribution in [3.63, 3.8) is 0 Å². The van der Waals surface area contributed by atoms with Crippen LogP contribution in [-0.2, 0) is 0 Å². The van der Waals surface area contributed by atoms with Crippen LogP contribution in [0.2, 0.25) is 10.0 Å². The highest BCUT2D eigenvalue weighted by Gasteiger charge is 1.96. The topological polar surface area (TPSA) is 0 Å². The summed E-state index contributed by atoms with van der Waals surface area (Å²) < 4.78 is 0. The van der Waals surface area contributed by atoms with Crippen LogP contribution in [0.15, 0.2) is 18.2 Å². The maximum Gasteiger partial charge on any atom is 0.0621 e. The van der Waals surface area contributed by atoms with E-state index in [0.717, 1.165) is 5.56 Å². The first-order chi connectivity index (χ1) is 4.22. The molecule has 0 atom stereocenters. The van der Waals surface area contributed by atoms with Crippen LogP contribution in [0.3, 0.4) is 0 Å². The van der Waals surface area contributed by atoms with E-state index in [-0.39, 0.29) is 24.8 Å². The quantitative estimate of drug-likeness (QED) is 0.632. The minimum absolute atomic E-state index is 0. The smallest absolute Gasteiger partial charge is 0.0621 e. The van der Waals surface area contributed by atoms with Crippen LogP contribution in [0.1, 0.15) is 5.56 Å². The van der Waals surface area contributed by atoms with Gasteiger partial charge in [0.1, 0.15) is 0 Å². The zero-order valence-electron chi connectivity index (χ0n) is 5.80. The van der Waals surface area contributed by atoms with Gasteiger partial charge in [-0.15, -0.1) is 24.8 Å². The minimum Gasteiger partial charge on any atom is -0.147 e. The predicted molar refractivity (Wildman–Crippen MR) is 55.7 cm³/mol. The van der Waals surface area contributed by atoms with E-state index in [0.29, 0.717) is 10.0 Å². The van der Waals surface area contributed by atoms with Gasteiger partial charge in [-0.3, -0.25) is 0 Å². The Bertz CT molecular complexity index is 201. The van der Waals surface area contributed by atoms with Crippen molar-refractivity contribution >= 4 is 48.0 Å². The van der Waals surface area contributed by atoms with Gasteiger partial charge in [0, 0.05) is 0 Å². The molecule has 0 fully saturated rings. The summed E-state index contributed by atoms with van der Waals surface area (Å²) in [6, 6.07) is 5.58. The molecule has 4 heteroatoms. The van der Waals surface area contributed by atoms with Crippen LogP contribution in [0.4, 0.5) is 0 Å². The molecule has 0 saturated heterocycles. The number of hydrogen-bond donors (Lipinski definition) is 0. The third-order valence-corrected chi connectivity index (χ3v) is 2.06. The van der Waals surface area contributed by atoms with Crippen LogP contribution in [0, 0.1) is 6.92 Å². The highest BCUT2D eigenvalue weighted by Crippen LogP contribution is 2.24. The Hall–Kier alpha value is 0.380. The van der Waals surface area contributed by atoms with Gasteiger partial charge in [0.25, 0.3) is 0 Å². The van der Waals surface area contributed by atoms with Gasteiger partial charge in [-0.2, -0.15) is 0 Å². The Balaban J connectivity index is 0. The van der Waals surface area contributed by atoms with Crippen molar-refractivity contribution in [3.8, 4) is 0 Å². The van der Waals surface area contributed by atoms with Gasteiger partial charge in [0.2, 0.25) is 0 Å². The highest BCUT2D eigenvalue weighted by molar-refractivity contribution is 6.42. The lowest BCUT2D eigenvalue weighted by molar-refractivity contribution is 1.47. The summed E-state index contributed by atoms with van der Waals surface area (Å²) in [5, 5.41) is 1.27. The van der Waals surface area contributed by atoms with Crippen molar-refractivity contribution in [2.45, 2.75) is 6.92 Å². The minimum atomic E-state index is 0. The van der Waals surface area contributed by atoms with Gasteiger partial charge in [0.15, 0.2) is 0 Å². The predicted octanol–water partition coefficient (Wildman–Crippen LogP) is 4.15. The monoisotopic (exact) mass is 232 g/mol. The summed E-state index contributed by atoms with van der Waals surface area (Å²) >= 11 is 11.4. The van der Waals surface area contributed by atoms with Crippen molar-refractivity contribution in [2.24, 2.45) is 0 Å². The molecular formula is C7H8Cl4. The van der Waals surface area contributed by atoms with Crippen molar-refractivity contribution in [1.29, 1.82) is 0 Å². The first-order valence-electron chi connectivity index (χ1n) is 2.62. The molecule has 0 bridgehead atoms. The lowest BCUT2D eigenvalue weighted by Gasteiger charge is -1.96. The van der Waals surface area contributed by atoms with Crippen LogP contribution < -0.4 is 0 Å². The van der Waals surface area contributed by atoms with Crippen molar-refractivity contribution < 1.29 is 0 Å². The molecule has 0 aliphatic rings. The van der Waals surface area contributed by atoms with Gasteiger partial charge in [0.05, 0.1) is 10.0 Å². The van der Waals surface area contributed by atoms with Gasteiger partial charge in [-0.1, -0.05) is 35.3 Å². The summed E-state index contributed by atoms with van der Waals surface area (Å²) in [7, 11) is 0. The molecule has 1 rings (SSSR count). The lowest BCUT2D eigenvalue weighted by atomic mass is 10.2. The van der Waals surface area contributed by atoms with E-state index < -0.39 is 0 Å². The summed E-state index contributed by atoms with van der Waals surface area (Å²) in [5.41, 5.74) is 1.02. The molecule has 11 heavy (non-hydrogen) atoms. The fourth-order valence-corrected chi connectivity index (χ4v) is 0.959. The van der Waals surface area contributed by atoms with Crippen molar-refractivity contribution in [3.05, 3.63) is 33.8 Å². The van der Waals surface area contributed by atoms with E-state index in [1.54, 1.807) is 6.07 Å². The van der Waals surface area contributed by atoms with Crippen molar-refractivity contribution in [1.82, 2.24) is 0 Å². The molecule has 1 aromatic carbocycles. The first kappa shape index (κ1) is 13.9. The molecule has 0 radical (unpaired) electrons. The number of benzene rings is 1. The third kappa shape index (κ3) is 3.53. The molecule has 0 N–H and O–H groups in total. The van der Waals surface area contributed by atoms with Crippen LogP contribution in [-0.4, -0.2) is 0 Å². The second kappa shape index (κ2) is 5.96. The fourth-order valence-electron chi connectivity index (χ4n) is 0.612. The van der Waals surface area contributed by atoms with Gasteiger partial charge in [-0.25, -0.2) is 0 Å². The van der Waals surface area contributed by atoms with E-state index >= 15 is 0 Å². The molecule has 0 heterocycles. The largest absolute Gasteiger partial charge is 0.147 e. The number of hydrogen-bond acceptors (Lipinski definition) is 0. The standard InChI is InChI=1S/C7H6Cl2.2ClH/c1-5-3-2-4-6(8)7(5)9;;/h2-4H,1H3;2*1H. The molecule has 0 aliphatic carbocycles. The zero-order chi connectivity index (χ0) is 6.85. The number of aryl methyl sites for hydroxylation is 1. The SMILES string of the molecule is Cc1cccc(Cl)c1Cl.Cl.Cl. The Kier molecular flexibility index (Phi) is 7.55. The Morgan fingerprint density at radius 1 is 1.09 bits per heavy atom. The zero-order valence-corrected chi connectivity index (χ0v) is 8.95. The second-order valence-corrected chi connectivity index (χ2v) is 2.66. The lowest BCUT2D eigenvalue weighted by Crippen LogP contribution is -1.73. The average Bonchev–Trinajstić information content (AvgIpc) is 1.83. The summed E-state index contributed by atoms with van der Waals surface area (Å²) in [6.07, 6.45) is 0. The fraction of sp³-hybridized carbons (Fsp3) is 0.143. The molecule has 0 saturated carbocycles. The molecule has 0 nitrogen and oxygen atoms in total. The number of halogens is 4. The van der Waals surface area contributed by atoms with Crippen molar-refractivity contribution in [2.75, 3.05) is 0 Å². The highest BCUT2D eigenvalue weighted by atomic mass is 35.5. The first-order valence-corrected chi connectivity index (χ1v) is 3.38. The third-order valence-electron chi connectivity index (χ3n) is 1.14. The Morgan fingerprint density at radius 2 is 1.64 bits per heavy atom. The Labute approximate surface area is 88.7 Å². The molecule has 0 amide bonds. The van der Waals surface area contributed by atoms with E-state index in [2.05, 4.69) is 0 Å². The van der Waals surface area contributed by atoms with Crippen LogP contribution in [0.5, 0.6) is 0 Å². The van der Waals surface area contributed by atoms with E-state index in [1.165, 1.54) is 0 Å². The summed E-state index contributed by atoms with van der Waals surface area (Å²) in [4.78, 5) is 0. The second-order valence-electron chi connectivity index (χ2n) is 1.87. The van der Waals surface area contributed by atoms with Gasteiger partial charge in [-0.05, 0) is 18.6 Å². The molecular weight excluding hydrogens is 226 g/mol. The average molecular weight is 234 g/mol. The van der Waals surface area contributed by atoms with Gasteiger partial charge < -0.3 is 0 Å². The molecule has 0 aliphatic heterocycles. The van der Waals surface area contributed by atoms with E-state index in [1.807, 2.05) is 19.1 Å². The molecule has 0 unspecified atom stereocenters. The maximum absolute atomic E-state index is 5.75. The molecule has 1 aromatic rings. The molecule has 0 spiro atoms. The maximum atomic E-state index is 5.75. The van der Waals surface area contributed by atoms with Crippen LogP contribution >= 0.6 is 48.0 Å². The van der Waals surface area contributed by atoms with E-state index in [4.69, 9.17) is 23.2 Å². The van der Waals surface area contributed by atoms with Crippen LogP contribution in [0.25, 0.3) is 0 Å².